The van der Waals surface area contributed by atoms with E-state index in [9.17, 15) is 4.79 Å². The highest BCUT2D eigenvalue weighted by molar-refractivity contribution is 9.10. The minimum Gasteiger partial charge on any atom is -0.293 e. The van der Waals surface area contributed by atoms with E-state index in [-0.39, 0.29) is 10.6 Å². The standard InChI is InChI=1S/C10H11BrO.C2H6/c1-7-3-5-9(6-4-7)10(12)8(2)11;1-2/h3-6,8H,1-2H3;1-2H3. The zero-order chi connectivity index (χ0) is 11.1. The molecule has 0 saturated carbocycles. The number of Topliss-reactive ketones (excluding diaryl/α,β-unsaturated/α-hetero) is 1. The SMILES string of the molecule is CC.Cc1ccc(C(=O)C(C)Br)cc1. The van der Waals surface area contributed by atoms with Crippen LogP contribution < -0.4 is 0 Å². The van der Waals surface area contributed by atoms with Gasteiger partial charge in [-0.3, -0.25) is 4.79 Å². The molecule has 0 N–H and O–H groups in total. The van der Waals surface area contributed by atoms with Crippen molar-refractivity contribution in [3.63, 3.8) is 0 Å². The van der Waals surface area contributed by atoms with Crippen LogP contribution >= 0.6 is 15.9 Å². The van der Waals surface area contributed by atoms with Gasteiger partial charge >= 0.3 is 0 Å². The lowest BCUT2D eigenvalue weighted by Crippen LogP contribution is -2.09. The van der Waals surface area contributed by atoms with Crippen molar-refractivity contribution in [2.75, 3.05) is 0 Å². The molecule has 1 aromatic carbocycles. The van der Waals surface area contributed by atoms with Gasteiger partial charge in [-0.1, -0.05) is 59.6 Å². The highest BCUT2D eigenvalue weighted by atomic mass is 79.9. The van der Waals surface area contributed by atoms with E-state index in [1.54, 1.807) is 0 Å². The Morgan fingerprint density at radius 2 is 1.64 bits per heavy atom. The molecule has 0 fully saturated rings. The molecule has 0 heterocycles. The molecule has 0 saturated heterocycles. The van der Waals surface area contributed by atoms with Crippen LogP contribution in [0.3, 0.4) is 0 Å². The number of benzene rings is 1. The maximum absolute atomic E-state index is 11.4. The Balaban J connectivity index is 0.000000791. The zero-order valence-corrected chi connectivity index (χ0v) is 10.8. The van der Waals surface area contributed by atoms with Gasteiger partial charge in [-0.05, 0) is 13.8 Å². The normalized spacial score (nSPS) is 11.2. The van der Waals surface area contributed by atoms with Crippen molar-refractivity contribution < 1.29 is 4.79 Å². The molecule has 1 atom stereocenters. The predicted molar refractivity (Wildman–Crippen MR) is 65.2 cm³/mol. The Morgan fingerprint density at radius 1 is 1.21 bits per heavy atom. The molecule has 1 aromatic rings. The molecule has 0 amide bonds. The smallest absolute Gasteiger partial charge is 0.176 e. The fourth-order valence-corrected chi connectivity index (χ4v) is 1.21. The monoisotopic (exact) mass is 256 g/mol. The van der Waals surface area contributed by atoms with Gasteiger partial charge in [0.2, 0.25) is 0 Å². The molecule has 2 heteroatoms. The van der Waals surface area contributed by atoms with Gasteiger partial charge in [0.15, 0.2) is 5.78 Å². The second-order valence-corrected chi connectivity index (χ2v) is 4.22. The minimum absolute atomic E-state index is 0.0970. The molecule has 0 bridgehead atoms. The Bertz CT molecular complexity index is 275. The van der Waals surface area contributed by atoms with E-state index < -0.39 is 0 Å². The van der Waals surface area contributed by atoms with Crippen molar-refractivity contribution >= 4 is 21.7 Å². The van der Waals surface area contributed by atoms with Gasteiger partial charge in [0.25, 0.3) is 0 Å². The minimum atomic E-state index is -0.0970. The highest BCUT2D eigenvalue weighted by Crippen LogP contribution is 2.10. The van der Waals surface area contributed by atoms with Crippen LogP contribution in [0.2, 0.25) is 0 Å². The number of ketones is 1. The molecule has 1 rings (SSSR count). The first kappa shape index (κ1) is 13.4. The number of hydrogen-bond acceptors (Lipinski definition) is 1. The maximum Gasteiger partial charge on any atom is 0.176 e. The summed E-state index contributed by atoms with van der Waals surface area (Å²) in [5.41, 5.74) is 1.94. The molecule has 0 spiro atoms. The van der Waals surface area contributed by atoms with E-state index in [2.05, 4.69) is 15.9 Å². The van der Waals surface area contributed by atoms with Gasteiger partial charge < -0.3 is 0 Å². The Hall–Kier alpha value is -0.630. The maximum atomic E-state index is 11.4. The molecule has 1 nitrogen and oxygen atoms in total. The van der Waals surface area contributed by atoms with E-state index in [1.165, 1.54) is 5.56 Å². The number of carbonyl (C=O) groups is 1. The first-order chi connectivity index (χ1) is 6.61. The number of aryl methyl sites for hydroxylation is 1. The quantitative estimate of drug-likeness (QED) is 0.578. The third-order valence-corrected chi connectivity index (χ3v) is 2.11. The lowest BCUT2D eigenvalue weighted by Gasteiger charge is -2.02. The third kappa shape index (κ3) is 4.05. The van der Waals surface area contributed by atoms with Gasteiger partial charge in [0, 0.05) is 5.56 Å². The van der Waals surface area contributed by atoms with E-state index >= 15 is 0 Å². The molecule has 0 aliphatic rings. The molecule has 0 aliphatic carbocycles. The van der Waals surface area contributed by atoms with Crippen molar-refractivity contribution in [2.24, 2.45) is 0 Å². The molecule has 1 unspecified atom stereocenters. The number of hydrogen-bond donors (Lipinski definition) is 0. The second kappa shape index (κ2) is 6.77. The summed E-state index contributed by atoms with van der Waals surface area (Å²) in [6.45, 7) is 7.84. The summed E-state index contributed by atoms with van der Waals surface area (Å²) >= 11 is 3.25. The van der Waals surface area contributed by atoms with E-state index in [0.717, 1.165) is 5.56 Å². The van der Waals surface area contributed by atoms with E-state index in [4.69, 9.17) is 0 Å². The van der Waals surface area contributed by atoms with Crippen molar-refractivity contribution in [1.82, 2.24) is 0 Å². The van der Waals surface area contributed by atoms with Gasteiger partial charge in [-0.25, -0.2) is 0 Å². The average molecular weight is 257 g/mol. The number of rotatable bonds is 2. The fraction of sp³-hybridized carbons (Fsp3) is 0.417. The first-order valence-corrected chi connectivity index (χ1v) is 5.78. The lowest BCUT2D eigenvalue weighted by molar-refractivity contribution is 0.0996. The summed E-state index contributed by atoms with van der Waals surface area (Å²) in [6, 6.07) is 7.61. The molecular formula is C12H17BrO. The van der Waals surface area contributed by atoms with Crippen molar-refractivity contribution in [3.8, 4) is 0 Å². The van der Waals surface area contributed by atoms with Crippen molar-refractivity contribution in [3.05, 3.63) is 35.4 Å². The summed E-state index contributed by atoms with van der Waals surface area (Å²) in [5, 5.41) is 0. The van der Waals surface area contributed by atoms with E-state index in [0.29, 0.717) is 0 Å². The first-order valence-electron chi connectivity index (χ1n) is 4.86. The van der Waals surface area contributed by atoms with Crippen LogP contribution in [0, 0.1) is 6.92 Å². The molecule has 78 valence electrons. The Labute approximate surface area is 94.7 Å². The lowest BCUT2D eigenvalue weighted by atomic mass is 10.1. The summed E-state index contributed by atoms with van der Waals surface area (Å²) in [4.78, 5) is 11.3. The van der Waals surface area contributed by atoms with Crippen LogP contribution in [0.1, 0.15) is 36.7 Å². The zero-order valence-electron chi connectivity index (χ0n) is 9.17. The summed E-state index contributed by atoms with van der Waals surface area (Å²) in [7, 11) is 0. The van der Waals surface area contributed by atoms with Crippen LogP contribution in [0.5, 0.6) is 0 Å². The average Bonchev–Trinajstić information content (AvgIpc) is 2.21. The summed E-state index contributed by atoms with van der Waals surface area (Å²) in [6.07, 6.45) is 0. The molecule has 0 aromatic heterocycles. The third-order valence-electron chi connectivity index (χ3n) is 1.70. The van der Waals surface area contributed by atoms with Gasteiger partial charge in [-0.2, -0.15) is 0 Å². The topological polar surface area (TPSA) is 17.1 Å². The molecule has 0 radical (unpaired) electrons. The van der Waals surface area contributed by atoms with Crippen molar-refractivity contribution in [2.45, 2.75) is 32.5 Å². The largest absolute Gasteiger partial charge is 0.293 e. The summed E-state index contributed by atoms with van der Waals surface area (Å²) in [5.74, 6) is 0.134. The Morgan fingerprint density at radius 3 is 2.00 bits per heavy atom. The Kier molecular flexibility index (Phi) is 6.46. The van der Waals surface area contributed by atoms with Gasteiger partial charge in [0.05, 0.1) is 4.83 Å². The van der Waals surface area contributed by atoms with Crippen LogP contribution in [-0.2, 0) is 0 Å². The predicted octanol–water partition coefficient (Wildman–Crippen LogP) is 3.99. The van der Waals surface area contributed by atoms with E-state index in [1.807, 2.05) is 52.0 Å². The van der Waals surface area contributed by atoms with Crippen LogP contribution in [0.15, 0.2) is 24.3 Å². The number of halogens is 1. The van der Waals surface area contributed by atoms with Gasteiger partial charge in [-0.15, -0.1) is 0 Å². The molecule has 14 heavy (non-hydrogen) atoms. The van der Waals surface area contributed by atoms with Crippen LogP contribution in [0.4, 0.5) is 0 Å². The number of carbonyl (C=O) groups excluding carboxylic acids is 1. The van der Waals surface area contributed by atoms with Crippen LogP contribution in [0.25, 0.3) is 0 Å². The fourth-order valence-electron chi connectivity index (χ4n) is 0.947. The van der Waals surface area contributed by atoms with Crippen molar-refractivity contribution in [1.29, 1.82) is 0 Å². The van der Waals surface area contributed by atoms with Gasteiger partial charge in [0.1, 0.15) is 0 Å². The van der Waals surface area contributed by atoms with Crippen LogP contribution in [-0.4, -0.2) is 10.6 Å². The molecule has 0 aliphatic heterocycles. The second-order valence-electron chi connectivity index (χ2n) is 2.85. The molecular weight excluding hydrogens is 240 g/mol. The summed E-state index contributed by atoms with van der Waals surface area (Å²) < 4.78 is 0. The highest BCUT2D eigenvalue weighted by Gasteiger charge is 2.10. The number of alkyl halides is 1.